The van der Waals surface area contributed by atoms with Gasteiger partial charge in [-0.3, -0.25) is 0 Å². The van der Waals surface area contributed by atoms with Gasteiger partial charge in [-0.05, 0) is 60.7 Å². The predicted molar refractivity (Wildman–Crippen MR) is 82.0 cm³/mol. The number of nitrogens with two attached hydrogens (primary N) is 1. The van der Waals surface area contributed by atoms with Crippen LogP contribution in [0.3, 0.4) is 0 Å². The van der Waals surface area contributed by atoms with Crippen LogP contribution in [-0.4, -0.2) is 7.05 Å². The van der Waals surface area contributed by atoms with Crippen molar-refractivity contribution < 1.29 is 0 Å². The van der Waals surface area contributed by atoms with Crippen LogP contribution >= 0.6 is 0 Å². The molecule has 0 radical (unpaired) electrons. The van der Waals surface area contributed by atoms with E-state index in [0.717, 1.165) is 17.3 Å². The molecule has 1 saturated carbocycles. The summed E-state index contributed by atoms with van der Waals surface area (Å²) in [5, 5.41) is 0. The van der Waals surface area contributed by atoms with Gasteiger partial charge in [0.2, 0.25) is 0 Å². The molecule has 2 aromatic rings. The largest absolute Gasteiger partial charge is 0.399 e. The van der Waals surface area contributed by atoms with Crippen molar-refractivity contribution in [2.24, 2.45) is 0 Å². The van der Waals surface area contributed by atoms with Gasteiger partial charge in [0.15, 0.2) is 0 Å². The van der Waals surface area contributed by atoms with Gasteiger partial charge in [-0.1, -0.05) is 18.6 Å². The normalized spacial score (nSPS) is 15.0. The molecule has 1 fully saturated rings. The van der Waals surface area contributed by atoms with Gasteiger partial charge in [0.1, 0.15) is 0 Å². The van der Waals surface area contributed by atoms with Gasteiger partial charge in [0, 0.05) is 24.1 Å². The molecule has 0 atom stereocenters. The zero-order valence-corrected chi connectivity index (χ0v) is 11.3. The zero-order valence-electron chi connectivity index (χ0n) is 11.3. The van der Waals surface area contributed by atoms with Gasteiger partial charge < -0.3 is 10.6 Å². The van der Waals surface area contributed by atoms with E-state index in [1.807, 2.05) is 12.1 Å². The molecular formula is C17H20N2. The summed E-state index contributed by atoms with van der Waals surface area (Å²) >= 11 is 0. The quantitative estimate of drug-likeness (QED) is 0.825. The van der Waals surface area contributed by atoms with Gasteiger partial charge in [0.25, 0.3) is 0 Å². The molecule has 0 aliphatic heterocycles. The van der Waals surface area contributed by atoms with E-state index < -0.39 is 0 Å². The van der Waals surface area contributed by atoms with Crippen LogP contribution in [0.15, 0.2) is 48.5 Å². The zero-order chi connectivity index (χ0) is 13.2. The first-order valence-electron chi connectivity index (χ1n) is 6.93. The first-order chi connectivity index (χ1) is 9.24. The molecule has 2 N–H and O–H groups in total. The minimum absolute atomic E-state index is 0.802. The Labute approximate surface area is 114 Å². The van der Waals surface area contributed by atoms with Crippen molar-refractivity contribution in [3.8, 4) is 0 Å². The highest BCUT2D eigenvalue weighted by Crippen LogP contribution is 2.37. The number of nitrogen functional groups attached to an aromatic ring is 1. The fourth-order valence-corrected chi connectivity index (χ4v) is 2.56. The van der Waals surface area contributed by atoms with Gasteiger partial charge >= 0.3 is 0 Å². The first-order valence-corrected chi connectivity index (χ1v) is 6.93. The Balaban J connectivity index is 1.79. The average molecular weight is 252 g/mol. The van der Waals surface area contributed by atoms with Gasteiger partial charge in [-0.2, -0.15) is 0 Å². The van der Waals surface area contributed by atoms with Crippen LogP contribution in [0, 0.1) is 0 Å². The van der Waals surface area contributed by atoms with E-state index in [1.165, 1.54) is 30.5 Å². The second-order valence-corrected chi connectivity index (χ2v) is 5.37. The summed E-state index contributed by atoms with van der Waals surface area (Å²) in [4.78, 5) is 2.18. The smallest absolute Gasteiger partial charge is 0.0409 e. The van der Waals surface area contributed by atoms with Crippen molar-refractivity contribution in [2.45, 2.75) is 25.2 Å². The summed E-state index contributed by atoms with van der Waals surface area (Å²) in [6.45, 7) is 0. The molecule has 0 bridgehead atoms. The number of benzene rings is 2. The molecular weight excluding hydrogens is 232 g/mol. The van der Waals surface area contributed by atoms with E-state index in [9.17, 15) is 0 Å². The first kappa shape index (κ1) is 12.1. The summed E-state index contributed by atoms with van der Waals surface area (Å²) in [6.07, 6.45) is 4.10. The molecule has 0 amide bonds. The third kappa shape index (κ3) is 2.43. The topological polar surface area (TPSA) is 29.3 Å². The van der Waals surface area contributed by atoms with E-state index in [4.69, 9.17) is 5.73 Å². The van der Waals surface area contributed by atoms with Crippen LogP contribution in [0.1, 0.15) is 30.7 Å². The Morgan fingerprint density at radius 3 is 1.89 bits per heavy atom. The van der Waals surface area contributed by atoms with E-state index in [1.54, 1.807) is 0 Å². The maximum absolute atomic E-state index is 5.72. The third-order valence-corrected chi connectivity index (χ3v) is 4.14. The summed E-state index contributed by atoms with van der Waals surface area (Å²) in [7, 11) is 2.09. The van der Waals surface area contributed by atoms with Crippen LogP contribution in [-0.2, 0) is 0 Å². The minimum atomic E-state index is 0.802. The Morgan fingerprint density at radius 1 is 0.895 bits per heavy atom. The van der Waals surface area contributed by atoms with Crippen LogP contribution in [0.25, 0.3) is 0 Å². The minimum Gasteiger partial charge on any atom is -0.399 e. The van der Waals surface area contributed by atoms with Crippen molar-refractivity contribution in [3.63, 3.8) is 0 Å². The standard InChI is InChI=1S/C17H20N2/c1-19(17-11-7-15(18)8-12-17)16-9-5-14(6-10-16)13-3-2-4-13/h5-13H,2-4,18H2,1H3. The molecule has 2 nitrogen and oxygen atoms in total. The Morgan fingerprint density at radius 2 is 1.42 bits per heavy atom. The average Bonchev–Trinajstić information content (AvgIpc) is 2.38. The molecule has 0 spiro atoms. The highest BCUT2D eigenvalue weighted by molar-refractivity contribution is 5.64. The Hall–Kier alpha value is -1.96. The van der Waals surface area contributed by atoms with Gasteiger partial charge in [0.05, 0.1) is 0 Å². The van der Waals surface area contributed by atoms with Crippen LogP contribution in [0.4, 0.5) is 17.1 Å². The fraction of sp³-hybridized carbons (Fsp3) is 0.294. The molecule has 0 heterocycles. The maximum Gasteiger partial charge on any atom is 0.0409 e. The molecule has 98 valence electrons. The predicted octanol–water partition coefficient (Wildman–Crippen LogP) is 4.30. The molecule has 0 saturated heterocycles. The number of hydrogen-bond donors (Lipinski definition) is 1. The van der Waals surface area contributed by atoms with Crippen molar-refractivity contribution in [1.29, 1.82) is 0 Å². The lowest BCUT2D eigenvalue weighted by molar-refractivity contribution is 0.420. The number of anilines is 3. The van der Waals surface area contributed by atoms with E-state index in [-0.39, 0.29) is 0 Å². The lowest BCUT2D eigenvalue weighted by atomic mass is 9.80. The monoisotopic (exact) mass is 252 g/mol. The second kappa shape index (κ2) is 4.96. The van der Waals surface area contributed by atoms with E-state index in [2.05, 4.69) is 48.3 Å². The summed E-state index contributed by atoms with van der Waals surface area (Å²) in [5.41, 5.74) is 10.4. The van der Waals surface area contributed by atoms with Crippen molar-refractivity contribution >= 4 is 17.1 Å². The van der Waals surface area contributed by atoms with Gasteiger partial charge in [-0.25, -0.2) is 0 Å². The van der Waals surface area contributed by atoms with Crippen LogP contribution in [0.2, 0.25) is 0 Å². The van der Waals surface area contributed by atoms with Crippen molar-refractivity contribution in [3.05, 3.63) is 54.1 Å². The molecule has 0 aromatic heterocycles. The Bertz CT molecular complexity index is 538. The van der Waals surface area contributed by atoms with Crippen molar-refractivity contribution in [1.82, 2.24) is 0 Å². The van der Waals surface area contributed by atoms with E-state index in [0.29, 0.717) is 0 Å². The molecule has 0 unspecified atom stereocenters. The summed E-state index contributed by atoms with van der Waals surface area (Å²) in [6, 6.07) is 16.9. The number of rotatable bonds is 3. The van der Waals surface area contributed by atoms with Crippen LogP contribution in [0.5, 0.6) is 0 Å². The van der Waals surface area contributed by atoms with Crippen molar-refractivity contribution in [2.75, 3.05) is 17.7 Å². The fourth-order valence-electron chi connectivity index (χ4n) is 2.56. The molecule has 3 rings (SSSR count). The summed E-state index contributed by atoms with van der Waals surface area (Å²) < 4.78 is 0. The highest BCUT2D eigenvalue weighted by atomic mass is 15.1. The third-order valence-electron chi connectivity index (χ3n) is 4.14. The lowest BCUT2D eigenvalue weighted by Crippen LogP contribution is -2.11. The number of nitrogens with zero attached hydrogens (tertiary/aromatic N) is 1. The molecule has 1 aliphatic rings. The summed E-state index contributed by atoms with van der Waals surface area (Å²) in [5.74, 6) is 0.802. The van der Waals surface area contributed by atoms with Gasteiger partial charge in [-0.15, -0.1) is 0 Å². The number of hydrogen-bond acceptors (Lipinski definition) is 2. The SMILES string of the molecule is CN(c1ccc(N)cc1)c1ccc(C2CCC2)cc1. The lowest BCUT2D eigenvalue weighted by Gasteiger charge is -2.26. The molecule has 2 aromatic carbocycles. The molecule has 2 heteroatoms. The Kier molecular flexibility index (Phi) is 3.16. The molecule has 1 aliphatic carbocycles. The maximum atomic E-state index is 5.72. The highest BCUT2D eigenvalue weighted by Gasteiger charge is 2.19. The molecule has 19 heavy (non-hydrogen) atoms. The second-order valence-electron chi connectivity index (χ2n) is 5.37. The van der Waals surface area contributed by atoms with E-state index >= 15 is 0 Å². The van der Waals surface area contributed by atoms with Crippen LogP contribution < -0.4 is 10.6 Å².